The zero-order chi connectivity index (χ0) is 11.9. The number of rotatable bonds is 5. The maximum absolute atomic E-state index is 8.42. The van der Waals surface area contributed by atoms with E-state index in [1.165, 1.54) is 0 Å². The molecule has 1 aromatic carbocycles. The van der Waals surface area contributed by atoms with Crippen molar-refractivity contribution < 1.29 is 4.74 Å². The van der Waals surface area contributed by atoms with Gasteiger partial charge in [0.2, 0.25) is 0 Å². The summed E-state index contributed by atoms with van der Waals surface area (Å²) in [6, 6.07) is 9.96. The summed E-state index contributed by atoms with van der Waals surface area (Å²) in [6.45, 7) is 0.577. The number of hydrogen-bond donors (Lipinski definition) is 0. The van der Waals surface area contributed by atoms with E-state index in [-0.39, 0.29) is 0 Å². The van der Waals surface area contributed by atoms with Crippen molar-refractivity contribution >= 4 is 11.3 Å². The number of nitriles is 1. The van der Waals surface area contributed by atoms with Gasteiger partial charge >= 0.3 is 0 Å². The van der Waals surface area contributed by atoms with Gasteiger partial charge in [0, 0.05) is 17.4 Å². The van der Waals surface area contributed by atoms with Gasteiger partial charge in [-0.2, -0.15) is 5.26 Å². The van der Waals surface area contributed by atoms with Crippen LogP contribution < -0.4 is 4.74 Å². The summed E-state index contributed by atoms with van der Waals surface area (Å²) >= 11 is 1.58. The number of ether oxygens (including phenoxy) is 1. The molecule has 86 valence electrons. The van der Waals surface area contributed by atoms with Crippen LogP contribution in [0.5, 0.6) is 5.75 Å². The fourth-order valence-electron chi connectivity index (χ4n) is 1.44. The maximum Gasteiger partial charge on any atom is 0.119 e. The average molecular weight is 244 g/mol. The van der Waals surface area contributed by atoms with Crippen LogP contribution in [0.4, 0.5) is 0 Å². The summed E-state index contributed by atoms with van der Waals surface area (Å²) in [5.74, 6) is 0.827. The van der Waals surface area contributed by atoms with Crippen LogP contribution in [-0.2, 0) is 0 Å². The van der Waals surface area contributed by atoms with Crippen molar-refractivity contribution in [3.8, 4) is 23.1 Å². The molecule has 0 radical (unpaired) electrons. The van der Waals surface area contributed by atoms with Crippen molar-refractivity contribution in [2.24, 2.45) is 0 Å². The van der Waals surface area contributed by atoms with Gasteiger partial charge < -0.3 is 4.74 Å². The molecule has 1 aromatic heterocycles. The molecule has 4 heteroatoms. The highest BCUT2D eigenvalue weighted by atomic mass is 32.1. The molecule has 2 aromatic rings. The van der Waals surface area contributed by atoms with Crippen LogP contribution in [0.3, 0.4) is 0 Å². The van der Waals surface area contributed by atoms with E-state index in [1.54, 1.807) is 11.3 Å². The molecular formula is C13H12N2OS. The molecule has 0 saturated carbocycles. The summed E-state index contributed by atoms with van der Waals surface area (Å²) < 4.78 is 5.57. The molecule has 0 aliphatic rings. The molecular weight excluding hydrogens is 232 g/mol. The fraction of sp³-hybridized carbons (Fsp3) is 0.231. The first kappa shape index (κ1) is 11.6. The minimum Gasteiger partial charge on any atom is -0.494 e. The second-order valence-corrected chi connectivity index (χ2v) is 4.23. The van der Waals surface area contributed by atoms with Crippen LogP contribution in [-0.4, -0.2) is 11.6 Å². The normalized spacial score (nSPS) is 9.82. The van der Waals surface area contributed by atoms with Gasteiger partial charge in [-0.1, -0.05) is 12.1 Å². The summed E-state index contributed by atoms with van der Waals surface area (Å²) in [4.78, 5) is 4.26. The number of benzene rings is 1. The summed E-state index contributed by atoms with van der Waals surface area (Å²) in [5, 5.41) is 10.4. The van der Waals surface area contributed by atoms with Crippen molar-refractivity contribution in [2.45, 2.75) is 12.8 Å². The third-order valence-electron chi connectivity index (χ3n) is 2.26. The summed E-state index contributed by atoms with van der Waals surface area (Å²) in [7, 11) is 0. The Morgan fingerprint density at radius 1 is 1.41 bits per heavy atom. The van der Waals surface area contributed by atoms with Crippen LogP contribution in [0.25, 0.3) is 11.3 Å². The van der Waals surface area contributed by atoms with Crippen LogP contribution >= 0.6 is 11.3 Å². The lowest BCUT2D eigenvalue weighted by molar-refractivity contribution is 0.313. The Labute approximate surface area is 104 Å². The van der Waals surface area contributed by atoms with Crippen molar-refractivity contribution in [1.82, 2.24) is 4.98 Å². The summed E-state index contributed by atoms with van der Waals surface area (Å²) in [6.07, 6.45) is 1.29. The second-order valence-electron chi connectivity index (χ2n) is 3.51. The standard InChI is InChI=1S/C13H12N2OS/c14-6-1-2-7-16-12-5-3-4-11(8-12)13-9-17-10-15-13/h3-5,8-10H,1-2,7H2. The molecule has 2 rings (SSSR count). The largest absolute Gasteiger partial charge is 0.494 e. The molecule has 17 heavy (non-hydrogen) atoms. The van der Waals surface area contributed by atoms with Gasteiger partial charge in [-0.3, -0.25) is 0 Å². The Balaban J connectivity index is 2.00. The van der Waals surface area contributed by atoms with Gasteiger partial charge in [0.05, 0.1) is 23.9 Å². The van der Waals surface area contributed by atoms with Crippen molar-refractivity contribution in [3.63, 3.8) is 0 Å². The quantitative estimate of drug-likeness (QED) is 0.756. The molecule has 0 aliphatic carbocycles. The van der Waals surface area contributed by atoms with E-state index in [0.717, 1.165) is 23.4 Å². The summed E-state index contributed by atoms with van der Waals surface area (Å²) in [5.41, 5.74) is 3.84. The van der Waals surface area contributed by atoms with Gasteiger partial charge in [0.15, 0.2) is 0 Å². The molecule has 1 heterocycles. The van der Waals surface area contributed by atoms with Crippen molar-refractivity contribution in [1.29, 1.82) is 5.26 Å². The molecule has 3 nitrogen and oxygen atoms in total. The number of hydrogen-bond acceptors (Lipinski definition) is 4. The monoisotopic (exact) mass is 244 g/mol. The molecule has 0 spiro atoms. The lowest BCUT2D eigenvalue weighted by Gasteiger charge is -2.05. The van der Waals surface area contributed by atoms with E-state index in [9.17, 15) is 0 Å². The zero-order valence-corrected chi connectivity index (χ0v) is 10.1. The molecule has 0 bridgehead atoms. The lowest BCUT2D eigenvalue weighted by atomic mass is 10.2. The highest BCUT2D eigenvalue weighted by molar-refractivity contribution is 7.07. The van der Waals surface area contributed by atoms with Gasteiger partial charge in [0.25, 0.3) is 0 Å². The Morgan fingerprint density at radius 2 is 2.35 bits per heavy atom. The first-order valence-corrected chi connectivity index (χ1v) is 6.33. The minimum absolute atomic E-state index is 0.534. The number of nitrogens with zero attached hydrogens (tertiary/aromatic N) is 2. The SMILES string of the molecule is N#CCCCOc1cccc(-c2cscn2)c1. The molecule has 0 amide bonds. The van der Waals surface area contributed by atoms with Gasteiger partial charge in [-0.25, -0.2) is 4.98 Å². The highest BCUT2D eigenvalue weighted by Gasteiger charge is 2.01. The lowest BCUT2D eigenvalue weighted by Crippen LogP contribution is -1.96. The van der Waals surface area contributed by atoms with E-state index < -0.39 is 0 Å². The van der Waals surface area contributed by atoms with Crippen molar-refractivity contribution in [3.05, 3.63) is 35.2 Å². The van der Waals surface area contributed by atoms with Crippen molar-refractivity contribution in [2.75, 3.05) is 6.61 Å². The van der Waals surface area contributed by atoms with Crippen LogP contribution in [0.1, 0.15) is 12.8 Å². The van der Waals surface area contributed by atoms with Crippen LogP contribution in [0.2, 0.25) is 0 Å². The fourth-order valence-corrected chi connectivity index (χ4v) is 2.00. The number of aromatic nitrogens is 1. The Kier molecular flexibility index (Phi) is 4.11. The van der Waals surface area contributed by atoms with Crippen LogP contribution in [0.15, 0.2) is 35.2 Å². The number of thiazole rings is 1. The zero-order valence-electron chi connectivity index (χ0n) is 9.30. The van der Waals surface area contributed by atoms with Gasteiger partial charge in [-0.15, -0.1) is 11.3 Å². The smallest absolute Gasteiger partial charge is 0.119 e. The molecule has 0 saturated heterocycles. The molecule has 0 N–H and O–H groups in total. The second kappa shape index (κ2) is 6.02. The van der Waals surface area contributed by atoms with E-state index >= 15 is 0 Å². The Hall–Kier alpha value is -1.86. The predicted molar refractivity (Wildman–Crippen MR) is 67.9 cm³/mol. The first-order valence-electron chi connectivity index (χ1n) is 5.38. The third-order valence-corrected chi connectivity index (χ3v) is 2.85. The van der Waals surface area contributed by atoms with Gasteiger partial charge in [-0.05, 0) is 18.6 Å². The molecule has 0 unspecified atom stereocenters. The van der Waals surface area contributed by atoms with E-state index in [4.69, 9.17) is 10.00 Å². The third kappa shape index (κ3) is 3.30. The Bertz CT molecular complexity index is 502. The van der Waals surface area contributed by atoms with E-state index in [1.807, 2.05) is 35.2 Å². The minimum atomic E-state index is 0.534. The average Bonchev–Trinajstić information content (AvgIpc) is 2.89. The predicted octanol–water partition coefficient (Wildman–Crippen LogP) is 3.49. The maximum atomic E-state index is 8.42. The molecule has 0 atom stereocenters. The Morgan fingerprint density at radius 3 is 3.12 bits per heavy atom. The van der Waals surface area contributed by atoms with E-state index in [2.05, 4.69) is 11.1 Å². The first-order chi connectivity index (χ1) is 8.40. The molecule has 0 aliphatic heterocycles. The number of unbranched alkanes of at least 4 members (excludes halogenated alkanes) is 1. The van der Waals surface area contributed by atoms with E-state index in [0.29, 0.717) is 13.0 Å². The van der Waals surface area contributed by atoms with Gasteiger partial charge in [0.1, 0.15) is 5.75 Å². The van der Waals surface area contributed by atoms with Crippen LogP contribution in [0, 0.1) is 11.3 Å². The molecule has 0 fully saturated rings. The highest BCUT2D eigenvalue weighted by Crippen LogP contribution is 2.23. The topological polar surface area (TPSA) is 45.9 Å².